The molecule has 0 bridgehead atoms. The summed E-state index contributed by atoms with van der Waals surface area (Å²) in [6.45, 7) is 3.23. The summed E-state index contributed by atoms with van der Waals surface area (Å²) in [5, 5.41) is 0. The second-order valence-electron chi connectivity index (χ2n) is 4.72. The Kier molecular flexibility index (Phi) is 3.09. The van der Waals surface area contributed by atoms with Gasteiger partial charge >= 0.3 is 0 Å². The Morgan fingerprint density at radius 3 is 2.57 bits per heavy atom. The first-order valence-corrected chi connectivity index (χ1v) is 6.13. The normalized spacial score (nSPS) is 28.6. The number of likely N-dealkylation sites (tertiary alicyclic amines) is 1. The zero-order valence-corrected chi connectivity index (χ0v) is 9.17. The van der Waals surface area contributed by atoms with Gasteiger partial charge in [0, 0.05) is 18.5 Å². The number of amides is 1. The highest BCUT2D eigenvalue weighted by Crippen LogP contribution is 2.31. The molecule has 0 spiro atoms. The van der Waals surface area contributed by atoms with Gasteiger partial charge in [0.2, 0.25) is 5.91 Å². The minimum atomic E-state index is 0.391. The molecule has 1 saturated heterocycles. The molecule has 0 N–H and O–H groups in total. The van der Waals surface area contributed by atoms with Crippen molar-refractivity contribution in [1.82, 2.24) is 4.90 Å². The van der Waals surface area contributed by atoms with Crippen molar-refractivity contribution in [1.29, 1.82) is 0 Å². The fourth-order valence-electron chi connectivity index (χ4n) is 2.60. The van der Waals surface area contributed by atoms with Gasteiger partial charge in [-0.15, -0.1) is 0 Å². The van der Waals surface area contributed by atoms with E-state index in [-0.39, 0.29) is 0 Å². The SMILES string of the molecule is CC[C@H]1CCCCN1C(=O)C1CCC1. The highest BCUT2D eigenvalue weighted by Gasteiger charge is 2.33. The van der Waals surface area contributed by atoms with Crippen molar-refractivity contribution in [2.24, 2.45) is 5.92 Å². The van der Waals surface area contributed by atoms with Crippen LogP contribution in [0.2, 0.25) is 0 Å². The topological polar surface area (TPSA) is 20.3 Å². The fraction of sp³-hybridized carbons (Fsp3) is 0.917. The summed E-state index contributed by atoms with van der Waals surface area (Å²) >= 11 is 0. The van der Waals surface area contributed by atoms with Crippen molar-refractivity contribution in [3.05, 3.63) is 0 Å². The molecule has 2 fully saturated rings. The zero-order chi connectivity index (χ0) is 9.97. The molecule has 2 nitrogen and oxygen atoms in total. The van der Waals surface area contributed by atoms with Gasteiger partial charge in [-0.25, -0.2) is 0 Å². The highest BCUT2D eigenvalue weighted by atomic mass is 16.2. The smallest absolute Gasteiger partial charge is 0.225 e. The van der Waals surface area contributed by atoms with E-state index in [0.29, 0.717) is 17.9 Å². The van der Waals surface area contributed by atoms with Crippen LogP contribution >= 0.6 is 0 Å². The molecule has 0 unspecified atom stereocenters. The molecule has 2 rings (SSSR count). The summed E-state index contributed by atoms with van der Waals surface area (Å²) in [4.78, 5) is 14.2. The van der Waals surface area contributed by atoms with E-state index in [9.17, 15) is 4.79 Å². The Labute approximate surface area is 86.7 Å². The number of nitrogens with zero attached hydrogens (tertiary/aromatic N) is 1. The standard InChI is InChI=1S/C12H21NO/c1-2-11-8-3-4-9-13(11)12(14)10-6-5-7-10/h10-11H,2-9H2,1H3/t11-/m0/s1. The predicted octanol–water partition coefficient (Wildman–Crippen LogP) is 2.58. The first kappa shape index (κ1) is 10.0. The lowest BCUT2D eigenvalue weighted by Crippen LogP contribution is -2.47. The minimum Gasteiger partial charge on any atom is -0.339 e. The van der Waals surface area contributed by atoms with E-state index in [0.717, 1.165) is 25.8 Å². The van der Waals surface area contributed by atoms with Gasteiger partial charge in [0.05, 0.1) is 0 Å². The molecule has 14 heavy (non-hydrogen) atoms. The average Bonchev–Trinajstić information content (AvgIpc) is 2.15. The van der Waals surface area contributed by atoms with Gasteiger partial charge < -0.3 is 4.90 Å². The van der Waals surface area contributed by atoms with Gasteiger partial charge in [0.25, 0.3) is 0 Å². The lowest BCUT2D eigenvalue weighted by molar-refractivity contribution is -0.142. The zero-order valence-electron chi connectivity index (χ0n) is 9.17. The third kappa shape index (κ3) is 1.79. The number of carbonyl (C=O) groups excluding carboxylic acids is 1. The molecule has 0 aromatic heterocycles. The summed E-state index contributed by atoms with van der Waals surface area (Å²) in [5.74, 6) is 0.852. The summed E-state index contributed by atoms with van der Waals surface area (Å²) in [6, 6.07) is 0.553. The lowest BCUT2D eigenvalue weighted by Gasteiger charge is -2.39. The molecule has 2 aliphatic rings. The van der Waals surface area contributed by atoms with Crippen LogP contribution in [-0.2, 0) is 4.79 Å². The maximum atomic E-state index is 12.1. The van der Waals surface area contributed by atoms with E-state index in [1.807, 2.05) is 0 Å². The van der Waals surface area contributed by atoms with E-state index in [1.165, 1.54) is 25.7 Å². The number of hydrogen-bond donors (Lipinski definition) is 0. The largest absolute Gasteiger partial charge is 0.339 e. The Morgan fingerprint density at radius 1 is 1.21 bits per heavy atom. The third-order valence-corrected chi connectivity index (χ3v) is 3.84. The first-order chi connectivity index (χ1) is 6.83. The maximum absolute atomic E-state index is 12.1. The lowest BCUT2D eigenvalue weighted by atomic mass is 9.83. The van der Waals surface area contributed by atoms with Crippen molar-refractivity contribution in [3.8, 4) is 0 Å². The molecule has 0 radical (unpaired) electrons. The van der Waals surface area contributed by atoms with Crippen LogP contribution in [0.15, 0.2) is 0 Å². The molecule has 1 atom stereocenters. The molecule has 1 aliphatic heterocycles. The van der Waals surface area contributed by atoms with Crippen LogP contribution in [0, 0.1) is 5.92 Å². The van der Waals surface area contributed by atoms with Crippen LogP contribution in [0.5, 0.6) is 0 Å². The molecule has 1 aliphatic carbocycles. The van der Waals surface area contributed by atoms with Crippen molar-refractivity contribution >= 4 is 5.91 Å². The highest BCUT2D eigenvalue weighted by molar-refractivity contribution is 5.80. The number of hydrogen-bond acceptors (Lipinski definition) is 1. The maximum Gasteiger partial charge on any atom is 0.225 e. The van der Waals surface area contributed by atoms with Gasteiger partial charge in [0.15, 0.2) is 0 Å². The molecule has 1 saturated carbocycles. The molecule has 80 valence electrons. The number of carbonyl (C=O) groups is 1. The summed E-state index contributed by atoms with van der Waals surface area (Å²) in [5.41, 5.74) is 0. The second kappa shape index (κ2) is 4.33. The molecular formula is C12H21NO. The third-order valence-electron chi connectivity index (χ3n) is 3.84. The molecule has 1 amide bonds. The molecule has 0 aromatic rings. The monoisotopic (exact) mass is 195 g/mol. The van der Waals surface area contributed by atoms with Gasteiger partial charge in [-0.05, 0) is 38.5 Å². The molecule has 1 heterocycles. The molecule has 2 heteroatoms. The van der Waals surface area contributed by atoms with E-state index in [2.05, 4.69) is 11.8 Å². The van der Waals surface area contributed by atoms with Crippen LogP contribution in [0.1, 0.15) is 51.9 Å². The van der Waals surface area contributed by atoms with Crippen LogP contribution in [0.4, 0.5) is 0 Å². The van der Waals surface area contributed by atoms with Gasteiger partial charge in [-0.2, -0.15) is 0 Å². The molecular weight excluding hydrogens is 174 g/mol. The number of piperidine rings is 1. The first-order valence-electron chi connectivity index (χ1n) is 6.13. The minimum absolute atomic E-state index is 0.391. The second-order valence-corrected chi connectivity index (χ2v) is 4.72. The van der Waals surface area contributed by atoms with Crippen molar-refractivity contribution in [2.75, 3.05) is 6.54 Å². The predicted molar refractivity (Wildman–Crippen MR) is 57.0 cm³/mol. The van der Waals surface area contributed by atoms with Crippen LogP contribution < -0.4 is 0 Å². The van der Waals surface area contributed by atoms with Gasteiger partial charge in [0.1, 0.15) is 0 Å². The fourth-order valence-corrected chi connectivity index (χ4v) is 2.60. The van der Waals surface area contributed by atoms with Crippen LogP contribution in [0.3, 0.4) is 0 Å². The van der Waals surface area contributed by atoms with E-state index < -0.39 is 0 Å². The Morgan fingerprint density at radius 2 is 2.00 bits per heavy atom. The van der Waals surface area contributed by atoms with Crippen LogP contribution in [-0.4, -0.2) is 23.4 Å². The Balaban J connectivity index is 1.95. The van der Waals surface area contributed by atoms with E-state index in [4.69, 9.17) is 0 Å². The van der Waals surface area contributed by atoms with E-state index in [1.54, 1.807) is 0 Å². The average molecular weight is 195 g/mol. The Hall–Kier alpha value is -0.530. The van der Waals surface area contributed by atoms with E-state index >= 15 is 0 Å². The van der Waals surface area contributed by atoms with Crippen LogP contribution in [0.25, 0.3) is 0 Å². The summed E-state index contributed by atoms with van der Waals surface area (Å²) < 4.78 is 0. The number of rotatable bonds is 2. The summed E-state index contributed by atoms with van der Waals surface area (Å²) in [7, 11) is 0. The van der Waals surface area contributed by atoms with Gasteiger partial charge in [-0.3, -0.25) is 4.79 Å². The van der Waals surface area contributed by atoms with Crippen molar-refractivity contribution in [3.63, 3.8) is 0 Å². The summed E-state index contributed by atoms with van der Waals surface area (Å²) in [6.07, 6.45) is 8.45. The quantitative estimate of drug-likeness (QED) is 0.663. The van der Waals surface area contributed by atoms with Gasteiger partial charge in [-0.1, -0.05) is 13.3 Å². The molecule has 0 aromatic carbocycles. The van der Waals surface area contributed by atoms with Crippen molar-refractivity contribution in [2.45, 2.75) is 57.9 Å². The van der Waals surface area contributed by atoms with Crippen molar-refractivity contribution < 1.29 is 4.79 Å². The Bertz CT molecular complexity index is 210.